The molecule has 10 heteroatoms. The number of nitrogens with one attached hydrogen (secondary N) is 3. The molecule has 3 aromatic heterocycles. The molecule has 3 atom stereocenters. The first-order valence-electron chi connectivity index (χ1n) is 14.7. The van der Waals surface area contributed by atoms with Gasteiger partial charge in [-0.2, -0.15) is 0 Å². The van der Waals surface area contributed by atoms with Gasteiger partial charge < -0.3 is 25.6 Å². The van der Waals surface area contributed by atoms with Crippen LogP contribution in [0.3, 0.4) is 0 Å². The van der Waals surface area contributed by atoms with Gasteiger partial charge in [-0.1, -0.05) is 6.42 Å². The number of halogens is 1. The summed E-state index contributed by atoms with van der Waals surface area (Å²) in [6, 6.07) is 11.7. The van der Waals surface area contributed by atoms with Crippen LogP contribution < -0.4 is 21.1 Å². The monoisotopic (exact) mass is 568 g/mol. The summed E-state index contributed by atoms with van der Waals surface area (Å²) in [6.45, 7) is 1.53. The van der Waals surface area contributed by atoms with E-state index in [4.69, 9.17) is 0 Å². The van der Waals surface area contributed by atoms with E-state index in [2.05, 4.69) is 30.5 Å². The largest absolute Gasteiger partial charge is 0.393 e. The molecule has 4 heterocycles. The lowest BCUT2D eigenvalue weighted by Gasteiger charge is -2.31. The molecule has 4 N–H and O–H groups in total. The number of aliphatic hydroxyl groups is 1. The molecular formula is C32H33FN6O3. The summed E-state index contributed by atoms with van der Waals surface area (Å²) in [6.07, 6.45) is 8.83. The number of fused-ring (bicyclic) bond motifs is 3. The van der Waals surface area contributed by atoms with Crippen molar-refractivity contribution in [2.45, 2.75) is 44.6 Å². The van der Waals surface area contributed by atoms with Gasteiger partial charge in [-0.3, -0.25) is 9.59 Å². The van der Waals surface area contributed by atoms with Crippen LogP contribution in [-0.4, -0.2) is 45.2 Å². The number of H-pyrrole nitrogens is 1. The number of carbonyl (C=O) groups is 1. The Balaban J connectivity index is 1.15. The molecule has 42 heavy (non-hydrogen) atoms. The molecule has 1 saturated heterocycles. The van der Waals surface area contributed by atoms with E-state index in [1.807, 2.05) is 12.1 Å². The maximum atomic E-state index is 15.5. The van der Waals surface area contributed by atoms with Gasteiger partial charge in [0.1, 0.15) is 11.6 Å². The summed E-state index contributed by atoms with van der Waals surface area (Å²) in [5.41, 5.74) is 2.53. The van der Waals surface area contributed by atoms with Gasteiger partial charge in [-0.15, -0.1) is 0 Å². The number of rotatable bonds is 6. The van der Waals surface area contributed by atoms with Crippen molar-refractivity contribution in [3.8, 4) is 11.3 Å². The first-order chi connectivity index (χ1) is 20.4. The van der Waals surface area contributed by atoms with Crippen molar-refractivity contribution in [3.63, 3.8) is 0 Å². The molecule has 0 spiro atoms. The average Bonchev–Trinajstić information content (AvgIpc) is 3.63. The molecule has 216 valence electrons. The van der Waals surface area contributed by atoms with Gasteiger partial charge in [0, 0.05) is 36.5 Å². The van der Waals surface area contributed by atoms with Crippen molar-refractivity contribution in [1.82, 2.24) is 15.0 Å². The number of benzene rings is 1. The van der Waals surface area contributed by atoms with Gasteiger partial charge in [-0.25, -0.2) is 14.4 Å². The zero-order valence-corrected chi connectivity index (χ0v) is 23.1. The summed E-state index contributed by atoms with van der Waals surface area (Å²) in [7, 11) is 0. The van der Waals surface area contributed by atoms with E-state index in [0.717, 1.165) is 50.9 Å². The number of piperidine rings is 1. The predicted octanol–water partition coefficient (Wildman–Crippen LogP) is 5.20. The number of anilines is 4. The van der Waals surface area contributed by atoms with E-state index in [9.17, 15) is 14.7 Å². The van der Waals surface area contributed by atoms with Crippen molar-refractivity contribution >= 4 is 39.7 Å². The Bertz CT molecular complexity index is 1700. The third kappa shape index (κ3) is 5.11. The SMILES string of the molecule is O=C(Nc1ccc(-c2cc(Nc3ccc(N4CCC(O)CC4)cn3)c3c(=O)[nH]ccc3n2)c(F)c1)[C@@H]1C[C@H]2CC[C@@H]1C2. The lowest BCUT2D eigenvalue weighted by molar-refractivity contribution is -0.121. The minimum atomic E-state index is -0.516. The van der Waals surface area contributed by atoms with Crippen LogP contribution in [0.4, 0.5) is 27.3 Å². The number of aromatic nitrogens is 3. The van der Waals surface area contributed by atoms with Crippen LogP contribution in [0.1, 0.15) is 38.5 Å². The Morgan fingerprint density at radius 1 is 1.05 bits per heavy atom. The fraction of sp³-hybridized carbons (Fsp3) is 0.375. The fourth-order valence-electron chi connectivity index (χ4n) is 6.94. The number of hydrogen-bond donors (Lipinski definition) is 4. The highest BCUT2D eigenvalue weighted by Crippen LogP contribution is 2.48. The predicted molar refractivity (Wildman–Crippen MR) is 160 cm³/mol. The van der Waals surface area contributed by atoms with Crippen LogP contribution in [0.2, 0.25) is 0 Å². The molecule has 1 aliphatic heterocycles. The molecule has 4 aromatic rings. The fourth-order valence-corrected chi connectivity index (χ4v) is 6.94. The standard InChI is InChI=1S/C32H33FN6O3/c33-25-15-20(36-31(41)24-14-18-1-2-19(24)13-18)3-5-23(25)27-16-28(30-26(37-27)7-10-34-32(30)42)38-29-6-4-21(17-35-29)39-11-8-22(40)9-12-39/h3-7,10,15-19,22,24,40H,1-2,8-9,11-14H2,(H,34,42)(H,36,41)(H,35,37,38)/t18-,19+,24+/m0/s1. The number of carbonyl (C=O) groups excluding carboxylic acids is 1. The molecule has 0 radical (unpaired) electrons. The Kier molecular flexibility index (Phi) is 6.85. The minimum Gasteiger partial charge on any atom is -0.393 e. The van der Waals surface area contributed by atoms with E-state index >= 15 is 4.39 Å². The van der Waals surface area contributed by atoms with Gasteiger partial charge in [0.25, 0.3) is 5.56 Å². The van der Waals surface area contributed by atoms with Crippen LogP contribution in [0, 0.1) is 23.6 Å². The second-order valence-corrected chi connectivity index (χ2v) is 11.8. The smallest absolute Gasteiger partial charge is 0.259 e. The molecule has 7 rings (SSSR count). The van der Waals surface area contributed by atoms with E-state index in [1.165, 1.54) is 18.7 Å². The Labute approximate surface area is 242 Å². The van der Waals surface area contributed by atoms with E-state index in [1.54, 1.807) is 30.5 Å². The molecule has 9 nitrogen and oxygen atoms in total. The molecule has 1 aromatic carbocycles. The Morgan fingerprint density at radius 2 is 1.90 bits per heavy atom. The number of nitrogens with zero attached hydrogens (tertiary/aromatic N) is 3. The van der Waals surface area contributed by atoms with Crippen molar-refractivity contribution in [2.24, 2.45) is 17.8 Å². The third-order valence-electron chi connectivity index (χ3n) is 9.16. The Hall–Kier alpha value is -4.31. The summed E-state index contributed by atoms with van der Waals surface area (Å²) >= 11 is 0. The highest BCUT2D eigenvalue weighted by molar-refractivity contribution is 5.95. The van der Waals surface area contributed by atoms with Crippen molar-refractivity contribution in [1.29, 1.82) is 0 Å². The molecule has 0 unspecified atom stereocenters. The van der Waals surface area contributed by atoms with Crippen LogP contribution >= 0.6 is 0 Å². The molecule has 2 bridgehead atoms. The topological polar surface area (TPSA) is 123 Å². The molecule has 2 saturated carbocycles. The molecule has 3 fully saturated rings. The molecule has 2 aliphatic carbocycles. The molecule has 1 amide bonds. The average molecular weight is 569 g/mol. The van der Waals surface area contributed by atoms with Gasteiger partial charge >= 0.3 is 0 Å². The van der Waals surface area contributed by atoms with Crippen LogP contribution in [0.5, 0.6) is 0 Å². The number of aliphatic hydroxyl groups excluding tert-OH is 1. The lowest BCUT2D eigenvalue weighted by atomic mass is 9.88. The van der Waals surface area contributed by atoms with E-state index in [-0.39, 0.29) is 29.1 Å². The summed E-state index contributed by atoms with van der Waals surface area (Å²) in [5.74, 6) is 1.08. The van der Waals surface area contributed by atoms with Crippen molar-refractivity contribution in [2.75, 3.05) is 28.6 Å². The first-order valence-corrected chi connectivity index (χ1v) is 14.7. The van der Waals surface area contributed by atoms with Gasteiger partial charge in [-0.05, 0) is 86.4 Å². The van der Waals surface area contributed by atoms with Crippen molar-refractivity contribution < 1.29 is 14.3 Å². The quantitative estimate of drug-likeness (QED) is 0.252. The summed E-state index contributed by atoms with van der Waals surface area (Å²) < 4.78 is 15.5. The molecule has 3 aliphatic rings. The van der Waals surface area contributed by atoms with Gasteiger partial charge in [0.15, 0.2) is 0 Å². The zero-order valence-electron chi connectivity index (χ0n) is 23.1. The number of pyridine rings is 3. The van der Waals surface area contributed by atoms with Crippen LogP contribution in [0.15, 0.2) is 59.7 Å². The van der Waals surface area contributed by atoms with Gasteiger partial charge in [0.2, 0.25) is 5.91 Å². The van der Waals surface area contributed by atoms with Crippen molar-refractivity contribution in [3.05, 3.63) is 71.0 Å². The maximum Gasteiger partial charge on any atom is 0.259 e. The highest BCUT2D eigenvalue weighted by Gasteiger charge is 2.43. The van der Waals surface area contributed by atoms with Crippen LogP contribution in [-0.2, 0) is 4.79 Å². The van der Waals surface area contributed by atoms with Crippen LogP contribution in [0.25, 0.3) is 22.2 Å². The van der Waals surface area contributed by atoms with E-state index in [0.29, 0.717) is 45.6 Å². The number of aromatic amines is 1. The lowest BCUT2D eigenvalue weighted by Crippen LogP contribution is -2.35. The second kappa shape index (κ2) is 10.8. The third-order valence-corrected chi connectivity index (χ3v) is 9.16. The first kappa shape index (κ1) is 26.6. The number of hydrogen-bond acceptors (Lipinski definition) is 7. The van der Waals surface area contributed by atoms with E-state index < -0.39 is 5.82 Å². The summed E-state index contributed by atoms with van der Waals surface area (Å²) in [5, 5.41) is 16.3. The van der Waals surface area contributed by atoms with Gasteiger partial charge in [0.05, 0.1) is 40.3 Å². The minimum absolute atomic E-state index is 0.00999. The highest BCUT2D eigenvalue weighted by atomic mass is 19.1. The maximum absolute atomic E-state index is 15.5. The normalized spacial score (nSPS) is 22.0. The summed E-state index contributed by atoms with van der Waals surface area (Å²) in [4.78, 5) is 39.7. The zero-order chi connectivity index (χ0) is 28.8. The second-order valence-electron chi connectivity index (χ2n) is 11.8. The Morgan fingerprint density at radius 3 is 2.62 bits per heavy atom. The molecular weight excluding hydrogens is 535 g/mol. The number of amides is 1.